The minimum Gasteiger partial charge on any atom is -0.385 e. The monoisotopic (exact) mass is 224 g/mol. The topological polar surface area (TPSA) is 59.1 Å². The zero-order valence-electron chi connectivity index (χ0n) is 7.30. The molecular weight excluding hydrogens is 211 g/mol. The fraction of sp³-hybridized carbons (Fsp3) is 0.375. The first kappa shape index (κ1) is 15.1. The Kier molecular flexibility index (Phi) is 8.26. The quantitative estimate of drug-likeness (QED) is 0.795. The second-order valence-electron chi connectivity index (χ2n) is 2.51. The van der Waals surface area contributed by atoms with E-state index < -0.39 is 6.10 Å². The lowest BCUT2D eigenvalue weighted by atomic mass is 10.2. The van der Waals surface area contributed by atoms with E-state index in [1.165, 1.54) is 0 Å². The highest BCUT2D eigenvalue weighted by Crippen LogP contribution is 2.08. The lowest BCUT2D eigenvalue weighted by Crippen LogP contribution is -2.12. The Morgan fingerprint density at radius 2 is 2.15 bits per heavy atom. The smallest absolute Gasteiger partial charge is 0.108 e. The van der Waals surface area contributed by atoms with Gasteiger partial charge in [-0.05, 0) is 24.6 Å². The van der Waals surface area contributed by atoms with Crippen LogP contribution in [0.25, 0.3) is 0 Å². The number of halogens is 2. The first-order chi connectivity index (χ1) is 5.24. The van der Waals surface area contributed by atoms with Crippen molar-refractivity contribution in [3.05, 3.63) is 29.6 Å². The molecule has 3 N–H and O–H groups in total. The molecule has 0 aliphatic heterocycles. The molecule has 1 unspecified atom stereocenters. The molecule has 0 spiro atoms. The third-order valence-electron chi connectivity index (χ3n) is 1.50. The molecule has 5 heteroatoms. The van der Waals surface area contributed by atoms with Crippen LogP contribution in [0.4, 0.5) is 0 Å². The third kappa shape index (κ3) is 4.43. The van der Waals surface area contributed by atoms with Crippen LogP contribution < -0.4 is 5.73 Å². The largest absolute Gasteiger partial charge is 0.385 e. The molecule has 1 atom stereocenters. The van der Waals surface area contributed by atoms with Crippen LogP contribution in [0.5, 0.6) is 0 Å². The van der Waals surface area contributed by atoms with Gasteiger partial charge in [0, 0.05) is 12.7 Å². The fourth-order valence-electron chi connectivity index (χ4n) is 0.863. The highest BCUT2D eigenvalue weighted by atomic mass is 35.5. The molecule has 0 aliphatic rings. The van der Waals surface area contributed by atoms with Gasteiger partial charge in [-0.1, -0.05) is 0 Å². The van der Waals surface area contributed by atoms with Crippen molar-refractivity contribution >= 4 is 24.8 Å². The number of aliphatic hydroxyl groups excluding tert-OH is 1. The zero-order chi connectivity index (χ0) is 8.27. The van der Waals surface area contributed by atoms with Crippen LogP contribution in [0.3, 0.4) is 0 Å². The molecular formula is C8H14Cl2N2O. The van der Waals surface area contributed by atoms with Gasteiger partial charge in [0.05, 0.1) is 5.69 Å². The molecule has 13 heavy (non-hydrogen) atoms. The molecule has 0 amide bonds. The fourth-order valence-corrected chi connectivity index (χ4v) is 0.863. The van der Waals surface area contributed by atoms with Crippen molar-refractivity contribution in [2.45, 2.75) is 13.0 Å². The van der Waals surface area contributed by atoms with Crippen LogP contribution >= 0.6 is 24.8 Å². The number of aliphatic hydroxyl groups is 1. The number of hydrogen-bond donors (Lipinski definition) is 2. The summed E-state index contributed by atoms with van der Waals surface area (Å²) in [7, 11) is 0. The summed E-state index contributed by atoms with van der Waals surface area (Å²) in [6.45, 7) is 2.17. The normalized spacial score (nSPS) is 11.0. The van der Waals surface area contributed by atoms with Crippen LogP contribution in [-0.4, -0.2) is 16.6 Å². The molecule has 1 rings (SSSR count). The SMILES string of the molecule is Cc1ccnc(C(O)CN)c1.Cl.Cl. The lowest BCUT2D eigenvalue weighted by Gasteiger charge is -2.06. The van der Waals surface area contributed by atoms with Crippen molar-refractivity contribution in [1.29, 1.82) is 0 Å². The summed E-state index contributed by atoms with van der Waals surface area (Å²) in [4.78, 5) is 3.98. The minimum absolute atomic E-state index is 0. The standard InChI is InChI=1S/C8H12N2O.2ClH/c1-6-2-3-10-7(4-6)8(11)5-9;;/h2-4,8,11H,5,9H2,1H3;2*1H. The zero-order valence-corrected chi connectivity index (χ0v) is 8.94. The van der Waals surface area contributed by atoms with Gasteiger partial charge < -0.3 is 10.8 Å². The van der Waals surface area contributed by atoms with Crippen LogP contribution in [0.2, 0.25) is 0 Å². The van der Waals surface area contributed by atoms with Gasteiger partial charge in [-0.15, -0.1) is 24.8 Å². The van der Waals surface area contributed by atoms with Crippen LogP contribution in [0.1, 0.15) is 17.4 Å². The van der Waals surface area contributed by atoms with Crippen molar-refractivity contribution in [1.82, 2.24) is 4.98 Å². The number of hydrogen-bond acceptors (Lipinski definition) is 3. The maximum absolute atomic E-state index is 9.27. The summed E-state index contributed by atoms with van der Waals surface area (Å²) in [5.41, 5.74) is 7.00. The summed E-state index contributed by atoms with van der Waals surface area (Å²) in [5, 5.41) is 9.27. The molecule has 76 valence electrons. The highest BCUT2D eigenvalue weighted by molar-refractivity contribution is 5.85. The van der Waals surface area contributed by atoms with Gasteiger partial charge in [-0.25, -0.2) is 0 Å². The Bertz CT molecular complexity index is 245. The highest BCUT2D eigenvalue weighted by Gasteiger charge is 2.04. The molecule has 0 radical (unpaired) electrons. The van der Waals surface area contributed by atoms with E-state index in [0.717, 1.165) is 5.56 Å². The molecule has 3 nitrogen and oxygen atoms in total. The van der Waals surface area contributed by atoms with E-state index in [1.807, 2.05) is 19.1 Å². The average Bonchev–Trinajstić information content (AvgIpc) is 2.03. The van der Waals surface area contributed by atoms with Gasteiger partial charge in [0.2, 0.25) is 0 Å². The van der Waals surface area contributed by atoms with E-state index in [2.05, 4.69) is 4.98 Å². The molecule has 0 fully saturated rings. The lowest BCUT2D eigenvalue weighted by molar-refractivity contribution is 0.182. The summed E-state index contributed by atoms with van der Waals surface area (Å²) < 4.78 is 0. The summed E-state index contributed by atoms with van der Waals surface area (Å²) in [6, 6.07) is 3.71. The van der Waals surface area contributed by atoms with Crippen LogP contribution in [-0.2, 0) is 0 Å². The predicted octanol–water partition coefficient (Wildman–Crippen LogP) is 1.23. The van der Waals surface area contributed by atoms with E-state index in [-0.39, 0.29) is 31.4 Å². The predicted molar refractivity (Wildman–Crippen MR) is 57.5 cm³/mol. The van der Waals surface area contributed by atoms with Gasteiger partial charge in [0.25, 0.3) is 0 Å². The van der Waals surface area contributed by atoms with E-state index in [9.17, 15) is 5.11 Å². The van der Waals surface area contributed by atoms with Crippen LogP contribution in [0.15, 0.2) is 18.3 Å². The molecule has 0 aromatic carbocycles. The molecule has 0 saturated heterocycles. The van der Waals surface area contributed by atoms with E-state index in [1.54, 1.807) is 6.20 Å². The first-order valence-electron chi connectivity index (χ1n) is 3.54. The van der Waals surface area contributed by atoms with E-state index in [4.69, 9.17) is 5.73 Å². The number of aryl methyl sites for hydroxylation is 1. The van der Waals surface area contributed by atoms with Gasteiger partial charge in [0.1, 0.15) is 6.10 Å². The summed E-state index contributed by atoms with van der Waals surface area (Å²) in [6.07, 6.45) is 1.04. The molecule has 0 aliphatic carbocycles. The number of pyridine rings is 1. The van der Waals surface area contributed by atoms with Crippen molar-refractivity contribution in [3.63, 3.8) is 0 Å². The Morgan fingerprint density at radius 1 is 1.54 bits per heavy atom. The summed E-state index contributed by atoms with van der Waals surface area (Å²) >= 11 is 0. The Balaban J connectivity index is 0. The second kappa shape index (κ2) is 7.09. The molecule has 1 aromatic heterocycles. The van der Waals surface area contributed by atoms with Gasteiger partial charge in [0.15, 0.2) is 0 Å². The van der Waals surface area contributed by atoms with Crippen molar-refractivity contribution in [2.24, 2.45) is 5.73 Å². The Labute approximate surface area is 90.2 Å². The number of nitrogens with zero attached hydrogens (tertiary/aromatic N) is 1. The third-order valence-corrected chi connectivity index (χ3v) is 1.50. The average molecular weight is 225 g/mol. The molecule has 1 heterocycles. The van der Waals surface area contributed by atoms with E-state index >= 15 is 0 Å². The molecule has 0 saturated carbocycles. The van der Waals surface area contributed by atoms with Gasteiger partial charge in [-0.3, -0.25) is 4.98 Å². The maximum atomic E-state index is 9.27. The maximum Gasteiger partial charge on any atom is 0.108 e. The summed E-state index contributed by atoms with van der Waals surface area (Å²) in [5.74, 6) is 0. The van der Waals surface area contributed by atoms with Crippen molar-refractivity contribution in [3.8, 4) is 0 Å². The van der Waals surface area contributed by atoms with E-state index in [0.29, 0.717) is 5.69 Å². The number of aromatic nitrogens is 1. The van der Waals surface area contributed by atoms with Gasteiger partial charge >= 0.3 is 0 Å². The number of nitrogens with two attached hydrogens (primary N) is 1. The first-order valence-corrected chi connectivity index (χ1v) is 3.54. The van der Waals surface area contributed by atoms with Crippen LogP contribution in [0, 0.1) is 6.92 Å². The molecule has 0 bridgehead atoms. The van der Waals surface area contributed by atoms with Crippen molar-refractivity contribution < 1.29 is 5.11 Å². The second-order valence-corrected chi connectivity index (χ2v) is 2.51. The Hall–Kier alpha value is -0.350. The minimum atomic E-state index is -0.630. The molecule has 1 aromatic rings. The van der Waals surface area contributed by atoms with Gasteiger partial charge in [-0.2, -0.15) is 0 Å². The Morgan fingerprint density at radius 3 is 2.62 bits per heavy atom. The van der Waals surface area contributed by atoms with Crippen molar-refractivity contribution in [2.75, 3.05) is 6.54 Å². The number of rotatable bonds is 2.